The van der Waals surface area contributed by atoms with E-state index in [1.165, 1.54) is 23.3 Å². The molecular weight excluding hydrogens is 388 g/mol. The number of aromatic nitrogens is 2. The predicted octanol–water partition coefficient (Wildman–Crippen LogP) is 4.51. The molecule has 6 nitrogen and oxygen atoms in total. The molecule has 0 aliphatic carbocycles. The Hall–Kier alpha value is -1.58. The summed E-state index contributed by atoms with van der Waals surface area (Å²) >= 11 is 4.14. The normalized spacial score (nSPS) is 10.5. The highest BCUT2D eigenvalue weighted by Crippen LogP contribution is 2.23. The van der Waals surface area contributed by atoms with Crippen LogP contribution >= 0.6 is 35.1 Å². The lowest BCUT2D eigenvalue weighted by atomic mass is 10.2. The van der Waals surface area contributed by atoms with E-state index in [4.69, 9.17) is 0 Å². The maximum atomic E-state index is 12.1. The van der Waals surface area contributed by atoms with Crippen molar-refractivity contribution in [2.75, 3.05) is 22.1 Å². The number of rotatable bonds is 10. The van der Waals surface area contributed by atoms with Gasteiger partial charge in [-0.05, 0) is 30.4 Å². The fourth-order valence-corrected chi connectivity index (χ4v) is 4.02. The van der Waals surface area contributed by atoms with Crippen molar-refractivity contribution in [3.8, 4) is 0 Å². The summed E-state index contributed by atoms with van der Waals surface area (Å²) in [4.78, 5) is 29.0. The van der Waals surface area contributed by atoms with Crippen molar-refractivity contribution in [1.82, 2.24) is 9.36 Å². The summed E-state index contributed by atoms with van der Waals surface area (Å²) in [7, 11) is 0. The van der Waals surface area contributed by atoms with Gasteiger partial charge in [0.25, 0.3) is 0 Å². The number of anilines is 2. The van der Waals surface area contributed by atoms with Gasteiger partial charge < -0.3 is 5.32 Å². The Balaban J connectivity index is 1.81. The van der Waals surface area contributed by atoms with Crippen LogP contribution in [0.3, 0.4) is 0 Å². The molecule has 0 fully saturated rings. The van der Waals surface area contributed by atoms with Crippen molar-refractivity contribution >= 4 is 57.7 Å². The number of carbonyl (C=O) groups excluding carboxylic acids is 2. The zero-order chi connectivity index (χ0) is 18.8. The minimum Gasteiger partial charge on any atom is -0.326 e. The van der Waals surface area contributed by atoms with Crippen molar-refractivity contribution in [2.24, 2.45) is 0 Å². The van der Waals surface area contributed by atoms with Crippen LogP contribution in [0.25, 0.3) is 0 Å². The van der Waals surface area contributed by atoms with Gasteiger partial charge in [0, 0.05) is 28.5 Å². The van der Waals surface area contributed by atoms with Crippen molar-refractivity contribution in [3.05, 3.63) is 24.3 Å². The minimum atomic E-state index is -0.128. The molecule has 2 N–H and O–H groups in total. The van der Waals surface area contributed by atoms with Gasteiger partial charge in [-0.15, -0.1) is 11.8 Å². The third kappa shape index (κ3) is 7.35. The average molecular weight is 411 g/mol. The molecule has 2 amide bonds. The second-order valence-corrected chi connectivity index (χ2v) is 8.36. The van der Waals surface area contributed by atoms with Crippen LogP contribution in [0.2, 0.25) is 0 Å². The highest BCUT2D eigenvalue weighted by Gasteiger charge is 2.09. The molecule has 1 aromatic heterocycles. The molecule has 0 radical (unpaired) electrons. The number of hydrogen-bond donors (Lipinski definition) is 2. The van der Waals surface area contributed by atoms with Gasteiger partial charge in [-0.2, -0.15) is 9.36 Å². The Kier molecular flexibility index (Phi) is 8.93. The van der Waals surface area contributed by atoms with E-state index in [1.54, 1.807) is 11.8 Å². The van der Waals surface area contributed by atoms with E-state index in [0.717, 1.165) is 29.2 Å². The molecule has 0 saturated heterocycles. The first-order valence-corrected chi connectivity index (χ1v) is 11.1. The van der Waals surface area contributed by atoms with Gasteiger partial charge in [-0.25, -0.2) is 0 Å². The van der Waals surface area contributed by atoms with Crippen LogP contribution in [0.5, 0.6) is 0 Å². The fourth-order valence-electron chi connectivity index (χ4n) is 1.98. The van der Waals surface area contributed by atoms with E-state index in [-0.39, 0.29) is 17.6 Å². The fraction of sp³-hybridized carbons (Fsp3) is 0.412. The molecule has 2 aromatic rings. The molecule has 1 aromatic carbocycles. The second kappa shape index (κ2) is 11.2. The highest BCUT2D eigenvalue weighted by molar-refractivity contribution is 8.00. The van der Waals surface area contributed by atoms with Crippen molar-refractivity contribution in [2.45, 2.75) is 43.2 Å². The van der Waals surface area contributed by atoms with Gasteiger partial charge >= 0.3 is 0 Å². The van der Waals surface area contributed by atoms with E-state index in [9.17, 15) is 9.59 Å². The maximum absolute atomic E-state index is 12.1. The Bertz CT molecular complexity index is 736. The quantitative estimate of drug-likeness (QED) is 0.561. The summed E-state index contributed by atoms with van der Waals surface area (Å²) in [6, 6.07) is 7.51. The molecule has 2 rings (SSSR count). The number of thioether (sulfide) groups is 2. The number of unbranched alkanes of at least 4 members (excludes halogenated alkanes) is 1. The number of carbonyl (C=O) groups is 2. The smallest absolute Gasteiger partial charge is 0.236 e. The number of nitrogens with one attached hydrogen (secondary N) is 2. The molecule has 0 aliphatic rings. The summed E-state index contributed by atoms with van der Waals surface area (Å²) in [5, 5.41) is 6.85. The topological polar surface area (TPSA) is 84.0 Å². The minimum absolute atomic E-state index is 0.0174. The van der Waals surface area contributed by atoms with Gasteiger partial charge in [-0.1, -0.05) is 38.1 Å². The Labute approximate surface area is 166 Å². The van der Waals surface area contributed by atoms with E-state index >= 15 is 0 Å². The number of nitrogens with zero attached hydrogens (tertiary/aromatic N) is 2. The summed E-state index contributed by atoms with van der Waals surface area (Å²) < 4.78 is 4.17. The molecule has 0 saturated carbocycles. The van der Waals surface area contributed by atoms with Gasteiger partial charge in [0.2, 0.25) is 22.1 Å². The van der Waals surface area contributed by atoms with E-state index in [1.807, 2.05) is 31.2 Å². The lowest BCUT2D eigenvalue weighted by Gasteiger charge is -2.07. The first kappa shape index (κ1) is 20.7. The number of hydrogen-bond acceptors (Lipinski definition) is 7. The lowest BCUT2D eigenvalue weighted by Crippen LogP contribution is -2.14. The molecule has 1 heterocycles. The lowest BCUT2D eigenvalue weighted by molar-refractivity contribution is -0.116. The van der Waals surface area contributed by atoms with Crippen LogP contribution in [0.1, 0.15) is 33.1 Å². The van der Waals surface area contributed by atoms with E-state index in [2.05, 4.69) is 26.9 Å². The second-order valence-electron chi connectivity index (χ2n) is 5.33. The van der Waals surface area contributed by atoms with Crippen molar-refractivity contribution < 1.29 is 9.59 Å². The van der Waals surface area contributed by atoms with Crippen molar-refractivity contribution in [3.63, 3.8) is 0 Å². The van der Waals surface area contributed by atoms with Gasteiger partial charge in [0.15, 0.2) is 0 Å². The first-order chi connectivity index (χ1) is 12.6. The van der Waals surface area contributed by atoms with Crippen LogP contribution in [-0.4, -0.2) is 32.7 Å². The molecule has 26 heavy (non-hydrogen) atoms. The molecular formula is C17H22N4O2S3. The van der Waals surface area contributed by atoms with Gasteiger partial charge in [0.1, 0.15) is 0 Å². The summed E-state index contributed by atoms with van der Waals surface area (Å²) in [6.07, 6.45) is 2.40. The van der Waals surface area contributed by atoms with E-state index in [0.29, 0.717) is 16.7 Å². The molecule has 0 atom stereocenters. The van der Waals surface area contributed by atoms with Gasteiger partial charge in [-0.3, -0.25) is 14.9 Å². The first-order valence-electron chi connectivity index (χ1n) is 8.39. The van der Waals surface area contributed by atoms with E-state index < -0.39 is 0 Å². The molecule has 0 spiro atoms. The standard InChI is InChI=1S/C17H22N4O2S3/c1-3-5-9-14(22)18-12-7-6-8-13(10-12)25-11-15(23)19-16-20-17(21-26-16)24-4-2/h6-8,10H,3-5,9,11H2,1-2H3,(H,18,22)(H,19,20,21,23). The predicted molar refractivity (Wildman–Crippen MR) is 110 cm³/mol. The molecule has 0 aliphatic heterocycles. The summed E-state index contributed by atoms with van der Waals surface area (Å²) in [5.41, 5.74) is 0.752. The monoisotopic (exact) mass is 410 g/mol. The zero-order valence-electron chi connectivity index (χ0n) is 14.8. The van der Waals surface area contributed by atoms with Crippen LogP contribution in [0, 0.1) is 0 Å². The summed E-state index contributed by atoms with van der Waals surface area (Å²) in [6.45, 7) is 4.09. The van der Waals surface area contributed by atoms with Crippen LogP contribution in [-0.2, 0) is 9.59 Å². The molecule has 0 unspecified atom stereocenters. The van der Waals surface area contributed by atoms with Gasteiger partial charge in [0.05, 0.1) is 5.75 Å². The molecule has 9 heteroatoms. The van der Waals surface area contributed by atoms with Crippen molar-refractivity contribution in [1.29, 1.82) is 0 Å². The Morgan fingerprint density at radius 3 is 2.77 bits per heavy atom. The molecule has 140 valence electrons. The highest BCUT2D eigenvalue weighted by atomic mass is 32.2. The SMILES string of the molecule is CCCCC(=O)Nc1cccc(SCC(=O)Nc2nc(SCC)ns2)c1. The summed E-state index contributed by atoms with van der Waals surface area (Å²) in [5.74, 6) is 1.05. The van der Waals surface area contributed by atoms with Crippen LogP contribution in [0.15, 0.2) is 34.3 Å². The van der Waals surface area contributed by atoms with Crippen LogP contribution < -0.4 is 10.6 Å². The Morgan fingerprint density at radius 1 is 1.15 bits per heavy atom. The molecule has 0 bridgehead atoms. The maximum Gasteiger partial charge on any atom is 0.236 e. The van der Waals surface area contributed by atoms with Crippen LogP contribution in [0.4, 0.5) is 10.8 Å². The Morgan fingerprint density at radius 2 is 2.00 bits per heavy atom. The third-order valence-electron chi connectivity index (χ3n) is 3.17. The number of benzene rings is 1. The largest absolute Gasteiger partial charge is 0.326 e. The average Bonchev–Trinajstić information content (AvgIpc) is 3.06. The third-order valence-corrected chi connectivity index (χ3v) is 5.64. The number of amides is 2. The zero-order valence-corrected chi connectivity index (χ0v) is 17.2.